The predicted octanol–water partition coefficient (Wildman–Crippen LogP) is 7.45. The molecule has 0 radical (unpaired) electrons. The minimum atomic E-state index is -4.38. The van der Waals surface area contributed by atoms with Crippen LogP contribution in [0.15, 0.2) is 78.9 Å². The van der Waals surface area contributed by atoms with Crippen molar-refractivity contribution in [3.05, 3.63) is 94.9 Å². The Morgan fingerprint density at radius 3 is 2.26 bits per heavy atom. The van der Waals surface area contributed by atoms with Crippen molar-refractivity contribution in [2.45, 2.75) is 19.7 Å². The van der Waals surface area contributed by atoms with Gasteiger partial charge in [0, 0.05) is 4.88 Å². The van der Waals surface area contributed by atoms with Gasteiger partial charge in [0.1, 0.15) is 18.1 Å². The molecule has 0 saturated carbocycles. The zero-order valence-corrected chi connectivity index (χ0v) is 19.5. The average molecular weight is 499 g/mol. The van der Waals surface area contributed by atoms with Crippen molar-refractivity contribution < 1.29 is 32.5 Å². The highest BCUT2D eigenvalue weighted by Gasteiger charge is 2.30. The molecule has 0 fully saturated rings. The molecule has 0 bridgehead atoms. The summed E-state index contributed by atoms with van der Waals surface area (Å²) in [6.07, 6.45) is -4.38. The van der Waals surface area contributed by atoms with Crippen LogP contribution in [0.25, 0.3) is 21.6 Å². The van der Waals surface area contributed by atoms with Gasteiger partial charge in [-0.2, -0.15) is 13.2 Å². The molecular formula is C27H21F3O4S. The Morgan fingerprint density at radius 2 is 1.63 bits per heavy atom. The summed E-state index contributed by atoms with van der Waals surface area (Å²) in [4.78, 5) is 12.5. The third kappa shape index (κ3) is 6.02. The number of hydrogen-bond donors (Lipinski definition) is 1. The van der Waals surface area contributed by atoms with E-state index in [1.54, 1.807) is 25.1 Å². The Labute approximate surface area is 204 Å². The van der Waals surface area contributed by atoms with Gasteiger partial charge in [0.2, 0.25) is 0 Å². The molecule has 1 aromatic heterocycles. The Balaban J connectivity index is 1.59. The Morgan fingerprint density at radius 1 is 0.914 bits per heavy atom. The number of thiophene rings is 1. The average Bonchev–Trinajstić information content (AvgIpc) is 3.26. The molecule has 35 heavy (non-hydrogen) atoms. The fourth-order valence-corrected chi connectivity index (χ4v) is 4.63. The maximum absolute atomic E-state index is 13.0. The van der Waals surface area contributed by atoms with E-state index in [0.717, 1.165) is 38.6 Å². The third-order valence-corrected chi connectivity index (χ3v) is 6.42. The molecule has 1 heterocycles. The van der Waals surface area contributed by atoms with Gasteiger partial charge in [-0.1, -0.05) is 42.5 Å². The number of carboxylic acid groups (broad SMARTS) is 1. The first kappa shape index (κ1) is 24.3. The molecule has 4 aromatic rings. The highest BCUT2D eigenvalue weighted by atomic mass is 32.1. The van der Waals surface area contributed by atoms with Crippen LogP contribution in [0.1, 0.15) is 16.0 Å². The van der Waals surface area contributed by atoms with Crippen LogP contribution < -0.4 is 9.47 Å². The lowest BCUT2D eigenvalue weighted by Gasteiger charge is -2.11. The van der Waals surface area contributed by atoms with Gasteiger partial charge in [-0.25, -0.2) is 4.79 Å². The summed E-state index contributed by atoms with van der Waals surface area (Å²) >= 11 is 1.46. The van der Waals surface area contributed by atoms with Gasteiger partial charge in [-0.05, 0) is 65.6 Å². The number of alkyl halides is 3. The number of aryl methyl sites for hydroxylation is 1. The number of carbonyl (C=O) groups is 1. The van der Waals surface area contributed by atoms with E-state index in [0.29, 0.717) is 17.1 Å². The van der Waals surface area contributed by atoms with E-state index in [-0.39, 0.29) is 6.61 Å². The normalized spacial score (nSPS) is 11.3. The van der Waals surface area contributed by atoms with E-state index in [9.17, 15) is 18.0 Å². The monoisotopic (exact) mass is 498 g/mol. The predicted molar refractivity (Wildman–Crippen MR) is 129 cm³/mol. The third-order valence-electron chi connectivity index (χ3n) is 5.26. The largest absolute Gasteiger partial charge is 0.488 e. The smallest absolute Gasteiger partial charge is 0.416 e. The lowest BCUT2D eigenvalue weighted by Crippen LogP contribution is -2.10. The molecule has 0 spiro atoms. The summed E-state index contributed by atoms with van der Waals surface area (Å²) in [7, 11) is 0. The molecule has 0 aliphatic heterocycles. The quantitative estimate of drug-likeness (QED) is 0.274. The second-order valence-corrected chi connectivity index (χ2v) is 8.92. The number of halogens is 3. The summed E-state index contributed by atoms with van der Waals surface area (Å²) < 4.78 is 50.1. The molecule has 8 heteroatoms. The van der Waals surface area contributed by atoms with Crippen LogP contribution in [0.2, 0.25) is 0 Å². The zero-order valence-electron chi connectivity index (χ0n) is 18.6. The van der Waals surface area contributed by atoms with Crippen LogP contribution in [0.4, 0.5) is 13.2 Å². The second kappa shape index (κ2) is 10.2. The molecule has 0 saturated heterocycles. The van der Waals surface area contributed by atoms with E-state index in [1.165, 1.54) is 23.5 Å². The fourth-order valence-electron chi connectivity index (χ4n) is 3.53. The van der Waals surface area contributed by atoms with Crippen molar-refractivity contribution in [3.63, 3.8) is 0 Å². The minimum absolute atomic E-state index is 0.254. The maximum Gasteiger partial charge on any atom is 0.416 e. The molecule has 0 aliphatic rings. The van der Waals surface area contributed by atoms with E-state index >= 15 is 0 Å². The number of aliphatic carboxylic acids is 1. The summed E-state index contributed by atoms with van der Waals surface area (Å²) in [5.41, 5.74) is 2.68. The number of benzene rings is 3. The van der Waals surface area contributed by atoms with E-state index in [1.807, 2.05) is 36.4 Å². The second-order valence-electron chi connectivity index (χ2n) is 7.79. The van der Waals surface area contributed by atoms with Crippen molar-refractivity contribution in [2.24, 2.45) is 0 Å². The van der Waals surface area contributed by atoms with Gasteiger partial charge in [0.05, 0.1) is 10.4 Å². The van der Waals surface area contributed by atoms with Crippen molar-refractivity contribution in [1.82, 2.24) is 0 Å². The van der Waals surface area contributed by atoms with Crippen molar-refractivity contribution in [3.8, 4) is 33.1 Å². The summed E-state index contributed by atoms with van der Waals surface area (Å²) in [5.74, 6) is -0.00109. The van der Waals surface area contributed by atoms with Gasteiger partial charge in [-0.15, -0.1) is 11.3 Å². The Hall–Kier alpha value is -3.78. The maximum atomic E-state index is 13.0. The lowest BCUT2D eigenvalue weighted by molar-refractivity contribution is -0.139. The van der Waals surface area contributed by atoms with Crippen LogP contribution in [-0.2, 0) is 17.6 Å². The molecule has 4 rings (SSSR count). The van der Waals surface area contributed by atoms with Crippen molar-refractivity contribution in [1.29, 1.82) is 0 Å². The first-order chi connectivity index (χ1) is 16.7. The standard InChI is InChI=1S/C27H21F3O4S/c1-17-13-21(11-12-23(17)34-16-26(31)32)33-15-25-22(18-5-3-2-4-6-18)14-24(35-25)19-7-9-20(10-8-19)27(28,29)30/h2-14H,15-16H2,1H3,(H,31,32). The fraction of sp³-hybridized carbons (Fsp3) is 0.148. The van der Waals surface area contributed by atoms with Gasteiger partial charge in [-0.3, -0.25) is 0 Å². The Bertz CT molecular complexity index is 1310. The van der Waals surface area contributed by atoms with Gasteiger partial charge < -0.3 is 14.6 Å². The summed E-state index contributed by atoms with van der Waals surface area (Å²) in [6.45, 7) is 1.63. The molecule has 0 amide bonds. The minimum Gasteiger partial charge on any atom is -0.488 e. The summed E-state index contributed by atoms with van der Waals surface area (Å²) in [6, 6.07) is 21.9. The SMILES string of the molecule is Cc1cc(OCc2sc(-c3ccc(C(F)(F)F)cc3)cc2-c2ccccc2)ccc1OCC(=O)O. The van der Waals surface area contributed by atoms with Crippen LogP contribution in [-0.4, -0.2) is 17.7 Å². The topological polar surface area (TPSA) is 55.8 Å². The first-order valence-corrected chi connectivity index (χ1v) is 11.5. The molecule has 0 unspecified atom stereocenters. The molecule has 1 N–H and O–H groups in total. The zero-order chi connectivity index (χ0) is 25.0. The molecule has 180 valence electrons. The van der Waals surface area contributed by atoms with Crippen molar-refractivity contribution in [2.75, 3.05) is 6.61 Å². The molecule has 0 aliphatic carbocycles. The highest BCUT2D eigenvalue weighted by Crippen LogP contribution is 2.39. The van der Waals surface area contributed by atoms with Crippen LogP contribution in [0.3, 0.4) is 0 Å². The van der Waals surface area contributed by atoms with Crippen LogP contribution in [0.5, 0.6) is 11.5 Å². The van der Waals surface area contributed by atoms with Crippen molar-refractivity contribution >= 4 is 17.3 Å². The molecule has 4 nitrogen and oxygen atoms in total. The van der Waals surface area contributed by atoms with Gasteiger partial charge in [0.25, 0.3) is 0 Å². The van der Waals surface area contributed by atoms with E-state index in [2.05, 4.69) is 0 Å². The van der Waals surface area contributed by atoms with E-state index < -0.39 is 24.3 Å². The molecule has 0 atom stereocenters. The highest BCUT2D eigenvalue weighted by molar-refractivity contribution is 7.16. The van der Waals surface area contributed by atoms with E-state index in [4.69, 9.17) is 14.6 Å². The molecule has 3 aromatic carbocycles. The van der Waals surface area contributed by atoms with Gasteiger partial charge in [0.15, 0.2) is 6.61 Å². The lowest BCUT2D eigenvalue weighted by atomic mass is 10.0. The molecular weight excluding hydrogens is 477 g/mol. The first-order valence-electron chi connectivity index (χ1n) is 10.6. The summed E-state index contributed by atoms with van der Waals surface area (Å²) in [5, 5.41) is 8.79. The number of hydrogen-bond acceptors (Lipinski definition) is 4. The van der Waals surface area contributed by atoms with Crippen LogP contribution in [0, 0.1) is 6.92 Å². The number of carboxylic acids is 1. The van der Waals surface area contributed by atoms with Crippen LogP contribution >= 0.6 is 11.3 Å². The van der Waals surface area contributed by atoms with Gasteiger partial charge >= 0.3 is 12.1 Å². The number of ether oxygens (including phenoxy) is 2. The number of rotatable bonds is 8. The Kier molecular flexibility index (Phi) is 7.12.